The Kier molecular flexibility index (Phi) is 8.30. The molecule has 1 amide bonds. The minimum Gasteiger partial charge on any atom is -0.468 e. The summed E-state index contributed by atoms with van der Waals surface area (Å²) < 4.78 is 37.1. The van der Waals surface area contributed by atoms with Gasteiger partial charge in [-0.25, -0.2) is 13.2 Å². The molecule has 0 aromatic heterocycles. The van der Waals surface area contributed by atoms with Gasteiger partial charge in [-0.05, 0) is 89.3 Å². The van der Waals surface area contributed by atoms with Crippen LogP contribution in [0.3, 0.4) is 0 Å². The summed E-state index contributed by atoms with van der Waals surface area (Å²) in [5.74, 6) is -0.732. The molecule has 1 aromatic carbocycles. The molecule has 1 aliphatic heterocycles. The first kappa shape index (κ1) is 29.0. The van der Waals surface area contributed by atoms with Gasteiger partial charge < -0.3 is 19.7 Å². The van der Waals surface area contributed by atoms with Crippen molar-refractivity contribution in [2.24, 2.45) is 5.41 Å². The van der Waals surface area contributed by atoms with Gasteiger partial charge in [-0.3, -0.25) is 4.79 Å². The topological polar surface area (TPSA) is 102 Å². The van der Waals surface area contributed by atoms with Gasteiger partial charge in [0.2, 0.25) is 0 Å². The molecule has 1 heterocycles. The lowest BCUT2D eigenvalue weighted by molar-refractivity contribution is -0.144. The van der Waals surface area contributed by atoms with E-state index in [1.54, 1.807) is 17.0 Å². The summed E-state index contributed by atoms with van der Waals surface area (Å²) in [7, 11) is -2.87. The van der Waals surface area contributed by atoms with Gasteiger partial charge in [-0.2, -0.15) is 0 Å². The van der Waals surface area contributed by atoms with Crippen LogP contribution >= 0.6 is 11.6 Å². The number of halogens is 1. The summed E-state index contributed by atoms with van der Waals surface area (Å²) >= 11 is 6.56. The highest BCUT2D eigenvalue weighted by Crippen LogP contribution is 2.55. The number of piperidine rings is 1. The van der Waals surface area contributed by atoms with Crippen LogP contribution < -0.4 is 5.32 Å². The zero-order valence-electron chi connectivity index (χ0n) is 23.0. The highest BCUT2D eigenvalue weighted by atomic mass is 35.5. The summed E-state index contributed by atoms with van der Waals surface area (Å²) in [4.78, 5) is 27.4. The first-order valence-corrected chi connectivity index (χ1v) is 15.5. The van der Waals surface area contributed by atoms with E-state index in [4.69, 9.17) is 21.1 Å². The Hall–Kier alpha value is -2.00. The van der Waals surface area contributed by atoms with E-state index in [2.05, 4.69) is 5.32 Å². The average Bonchev–Trinajstić information content (AvgIpc) is 3.25. The van der Waals surface area contributed by atoms with Gasteiger partial charge in [-0.15, -0.1) is 0 Å². The van der Waals surface area contributed by atoms with Crippen molar-refractivity contribution < 1.29 is 27.5 Å². The molecule has 10 heteroatoms. The van der Waals surface area contributed by atoms with E-state index < -0.39 is 26.2 Å². The molecule has 2 saturated carbocycles. The number of likely N-dealkylation sites (tertiary alicyclic amines) is 1. The number of methoxy groups -OCH3 is 1. The standard InChI is InChI=1S/C28H41ClN2O6S/c1-26(2,3)37-25(33)31-16-14-27(15-17-31)12-13-28(19-27,24(32)36-4)38(34,35)21-10-11-23(22(29)18-21)30-20-8-6-5-7-9-20/h10-11,18,20,30H,5-9,12-17,19H2,1-4H3. The van der Waals surface area contributed by atoms with E-state index in [0.29, 0.717) is 49.1 Å². The molecule has 0 bridgehead atoms. The Morgan fingerprint density at radius 1 is 1.05 bits per heavy atom. The molecule has 3 aliphatic rings. The molecule has 1 spiro atoms. The van der Waals surface area contributed by atoms with Crippen LogP contribution in [-0.4, -0.2) is 62.0 Å². The quantitative estimate of drug-likeness (QED) is 0.436. The van der Waals surface area contributed by atoms with Crippen molar-refractivity contribution in [2.45, 2.75) is 106 Å². The molecule has 2 aliphatic carbocycles. The smallest absolute Gasteiger partial charge is 0.410 e. The van der Waals surface area contributed by atoms with Crippen LogP contribution in [0.15, 0.2) is 23.1 Å². The van der Waals surface area contributed by atoms with Gasteiger partial charge in [0.25, 0.3) is 0 Å². The second-order valence-corrected chi connectivity index (χ2v) is 14.9. The van der Waals surface area contributed by atoms with Crippen LogP contribution in [-0.2, 0) is 24.1 Å². The van der Waals surface area contributed by atoms with E-state index in [9.17, 15) is 18.0 Å². The highest BCUT2D eigenvalue weighted by Gasteiger charge is 2.61. The van der Waals surface area contributed by atoms with Crippen molar-refractivity contribution in [3.63, 3.8) is 0 Å². The number of hydrogen-bond donors (Lipinski definition) is 1. The second kappa shape index (κ2) is 10.9. The monoisotopic (exact) mass is 568 g/mol. The Bertz CT molecular complexity index is 1150. The lowest BCUT2D eigenvalue weighted by Gasteiger charge is -2.40. The number of nitrogens with one attached hydrogen (secondary N) is 1. The minimum atomic E-state index is -4.11. The highest BCUT2D eigenvalue weighted by molar-refractivity contribution is 7.93. The zero-order chi connectivity index (χ0) is 27.8. The number of benzene rings is 1. The number of anilines is 1. The number of amides is 1. The average molecular weight is 569 g/mol. The van der Waals surface area contributed by atoms with Crippen LogP contribution in [0.5, 0.6) is 0 Å². The fraction of sp³-hybridized carbons (Fsp3) is 0.714. The third-order valence-corrected chi connectivity index (χ3v) is 11.2. The van der Waals surface area contributed by atoms with Crippen molar-refractivity contribution in [2.75, 3.05) is 25.5 Å². The molecule has 1 atom stereocenters. The van der Waals surface area contributed by atoms with E-state index >= 15 is 0 Å². The summed E-state index contributed by atoms with van der Waals surface area (Å²) in [6, 6.07) is 5.04. The Balaban J connectivity index is 1.53. The molecule has 1 saturated heterocycles. The van der Waals surface area contributed by atoms with E-state index in [-0.39, 0.29) is 29.2 Å². The molecule has 38 heavy (non-hydrogen) atoms. The van der Waals surface area contributed by atoms with Crippen LogP contribution in [0.4, 0.5) is 10.5 Å². The van der Waals surface area contributed by atoms with Gasteiger partial charge >= 0.3 is 12.1 Å². The number of nitrogens with zero attached hydrogens (tertiary/aromatic N) is 1. The van der Waals surface area contributed by atoms with Crippen LogP contribution in [0, 0.1) is 5.41 Å². The first-order chi connectivity index (χ1) is 17.8. The van der Waals surface area contributed by atoms with Gasteiger partial charge in [0, 0.05) is 19.1 Å². The van der Waals surface area contributed by atoms with E-state index in [1.807, 2.05) is 20.8 Å². The number of sulfone groups is 1. The normalized spacial score (nSPS) is 24.3. The van der Waals surface area contributed by atoms with Gasteiger partial charge in [-0.1, -0.05) is 30.9 Å². The van der Waals surface area contributed by atoms with Crippen molar-refractivity contribution in [3.05, 3.63) is 23.2 Å². The number of ether oxygens (including phenoxy) is 2. The Morgan fingerprint density at radius 3 is 2.29 bits per heavy atom. The van der Waals surface area contributed by atoms with E-state index in [1.165, 1.54) is 32.4 Å². The molecule has 8 nitrogen and oxygen atoms in total. The maximum atomic E-state index is 14.1. The maximum Gasteiger partial charge on any atom is 0.410 e. The minimum absolute atomic E-state index is 0.0327. The lowest BCUT2D eigenvalue weighted by atomic mass is 9.76. The summed E-state index contributed by atoms with van der Waals surface area (Å²) in [5.41, 5.74) is -0.246. The SMILES string of the molecule is COC(=O)C1(S(=O)(=O)c2ccc(NC3CCCCC3)c(Cl)c2)CCC2(CCN(C(=O)OC(C)(C)C)CC2)C1. The molecule has 1 N–H and O–H groups in total. The fourth-order valence-electron chi connectivity index (χ4n) is 6.34. The van der Waals surface area contributed by atoms with Crippen molar-refractivity contribution in [3.8, 4) is 0 Å². The van der Waals surface area contributed by atoms with E-state index in [0.717, 1.165) is 12.8 Å². The largest absolute Gasteiger partial charge is 0.468 e. The number of hydrogen-bond acceptors (Lipinski definition) is 7. The van der Waals surface area contributed by atoms with Crippen molar-refractivity contribution in [1.82, 2.24) is 4.90 Å². The van der Waals surface area contributed by atoms with Crippen LogP contribution in [0.1, 0.15) is 85.0 Å². The molecule has 0 radical (unpaired) electrons. The number of rotatable bonds is 5. The third-order valence-electron chi connectivity index (χ3n) is 8.48. The van der Waals surface area contributed by atoms with Gasteiger partial charge in [0.1, 0.15) is 5.60 Å². The number of carbonyl (C=O) groups is 2. The summed E-state index contributed by atoms with van der Waals surface area (Å²) in [6.07, 6.45) is 7.44. The number of carbonyl (C=O) groups excluding carboxylic acids is 2. The predicted octanol–water partition coefficient (Wildman–Crippen LogP) is 5.97. The molecule has 3 fully saturated rings. The Labute approximate surface area is 231 Å². The summed E-state index contributed by atoms with van der Waals surface area (Å²) in [5, 5.41) is 3.78. The van der Waals surface area contributed by atoms with Crippen molar-refractivity contribution >= 4 is 39.2 Å². The lowest BCUT2D eigenvalue weighted by Crippen LogP contribution is -2.48. The first-order valence-electron chi connectivity index (χ1n) is 13.7. The molecule has 4 rings (SSSR count). The van der Waals surface area contributed by atoms with Crippen LogP contribution in [0.25, 0.3) is 0 Å². The second-order valence-electron chi connectivity index (χ2n) is 12.3. The molecular formula is C28H41ClN2O6S. The third kappa shape index (κ3) is 5.79. The van der Waals surface area contributed by atoms with Crippen molar-refractivity contribution in [1.29, 1.82) is 0 Å². The van der Waals surface area contributed by atoms with Gasteiger partial charge in [0.15, 0.2) is 14.6 Å². The fourth-order valence-corrected chi connectivity index (χ4v) is 8.78. The molecule has 1 aromatic rings. The maximum absolute atomic E-state index is 14.1. The molecule has 1 unspecified atom stereocenters. The van der Waals surface area contributed by atoms with Crippen LogP contribution in [0.2, 0.25) is 5.02 Å². The molecular weight excluding hydrogens is 528 g/mol. The Morgan fingerprint density at radius 2 is 1.71 bits per heavy atom. The number of esters is 1. The predicted molar refractivity (Wildman–Crippen MR) is 147 cm³/mol. The molecule has 212 valence electrons. The van der Waals surface area contributed by atoms with Gasteiger partial charge in [0.05, 0.1) is 22.7 Å². The summed E-state index contributed by atoms with van der Waals surface area (Å²) in [6.45, 7) is 6.40. The zero-order valence-corrected chi connectivity index (χ0v) is 24.6.